The molecule has 17 heteroatoms. The third kappa shape index (κ3) is 7.87. The van der Waals surface area contributed by atoms with Crippen molar-refractivity contribution in [2.45, 2.75) is 83.8 Å². The van der Waals surface area contributed by atoms with E-state index in [0.29, 0.717) is 30.0 Å². The summed E-state index contributed by atoms with van der Waals surface area (Å²) in [6.45, 7) is 12.8. The number of alkyl carbamates (subject to hydrolysis) is 2. The van der Waals surface area contributed by atoms with Gasteiger partial charge in [0.1, 0.15) is 35.0 Å². The van der Waals surface area contributed by atoms with Gasteiger partial charge >= 0.3 is 12.2 Å². The Morgan fingerprint density at radius 2 is 1.57 bits per heavy atom. The predicted octanol–water partition coefficient (Wildman–Crippen LogP) is 8.14. The molecule has 2 saturated heterocycles. The molecule has 0 saturated carbocycles. The topological polar surface area (TPSA) is 188 Å². The number of nitrogens with zero attached hydrogens (tertiary/aromatic N) is 4. The number of furan rings is 1. The van der Waals surface area contributed by atoms with Crippen LogP contribution >= 0.6 is 11.3 Å². The highest BCUT2D eigenvalue weighted by molar-refractivity contribution is 7.22. The van der Waals surface area contributed by atoms with Crippen LogP contribution < -0.4 is 10.6 Å². The number of hydrogen-bond donors (Lipinski definition) is 4. The molecule has 4 amide bonds. The van der Waals surface area contributed by atoms with Crippen LogP contribution in [0.5, 0.6) is 0 Å². The number of nitrogens with one attached hydrogen (secondary N) is 4. The Labute approximate surface area is 352 Å². The number of carbonyl (C=O) groups excluding carboxylic acids is 4. The summed E-state index contributed by atoms with van der Waals surface area (Å²) >= 11 is 1.68. The van der Waals surface area contributed by atoms with Crippen molar-refractivity contribution >= 4 is 75.5 Å². The minimum Gasteiger partial charge on any atom is -0.454 e. The van der Waals surface area contributed by atoms with Gasteiger partial charge in [-0.1, -0.05) is 52.9 Å². The number of H-pyrrole nitrogens is 2. The minimum absolute atomic E-state index is 0.115. The molecular weight excluding hydrogens is 801 g/mol. The van der Waals surface area contributed by atoms with Crippen molar-refractivity contribution in [3.05, 3.63) is 60.3 Å². The van der Waals surface area contributed by atoms with E-state index in [2.05, 4.69) is 75.1 Å². The second kappa shape index (κ2) is 16.1. The molecule has 2 aliphatic heterocycles. The summed E-state index contributed by atoms with van der Waals surface area (Å²) in [7, 11) is 0.822. The van der Waals surface area contributed by atoms with E-state index in [1.807, 2.05) is 38.7 Å². The lowest BCUT2D eigenvalue weighted by Crippen LogP contribution is -2.52. The molecule has 2 fully saturated rings. The molecule has 6 aromatic rings. The number of imidazole rings is 2. The number of ether oxygens (including phenoxy) is 2. The van der Waals surface area contributed by atoms with Gasteiger partial charge in [0.05, 0.1) is 51.6 Å². The Bertz CT molecular complexity index is 2560. The molecule has 0 bridgehead atoms. The molecular formula is C43H52N8O7SSi. The first-order valence-electron chi connectivity index (χ1n) is 20.5. The van der Waals surface area contributed by atoms with Crippen LogP contribution in [0.4, 0.5) is 9.59 Å². The number of thiophene rings is 1. The number of benzene rings is 2. The molecule has 2 aliphatic rings. The number of aromatic nitrogens is 4. The summed E-state index contributed by atoms with van der Waals surface area (Å²) in [4.78, 5) is 73.2. The van der Waals surface area contributed by atoms with Gasteiger partial charge in [-0.15, -0.1) is 11.3 Å². The standard InChI is InChI=1S/C43H52N8O7SSi/c1-22(2)36(48-42(54)56-5)40(52)50-13-9-10-30(50)38-44-19-29(47-38)33-15-24-11-12-25(16-32(24)58-33)34-17-26-14-27-28(18-35(26)59-34)46-39(45-27)31-20-60(7,8)21-51(31)41(53)37(23(3)4)49-43(55)57-6/h11-12,14-19,22-23,30-31,36-37H,9-10,13,20-21H2,1-8H3,(H,44,47)(H,45,46)(H,48,54)(H,49,55)/t30?,31-,36?,37?/m0/s1. The smallest absolute Gasteiger partial charge is 0.407 e. The normalized spacial score (nSPS) is 18.8. The molecule has 8 rings (SSSR count). The fourth-order valence-corrected chi connectivity index (χ4v) is 12.6. The zero-order valence-corrected chi connectivity index (χ0v) is 37.0. The molecule has 6 heterocycles. The Morgan fingerprint density at radius 1 is 0.867 bits per heavy atom. The third-order valence-electron chi connectivity index (χ3n) is 11.8. The van der Waals surface area contributed by atoms with Crippen LogP contribution in [0, 0.1) is 11.8 Å². The fourth-order valence-electron chi connectivity index (χ4n) is 8.63. The maximum absolute atomic E-state index is 14.0. The predicted molar refractivity (Wildman–Crippen MR) is 233 cm³/mol. The Morgan fingerprint density at radius 3 is 2.25 bits per heavy atom. The number of rotatable bonds is 10. The lowest BCUT2D eigenvalue weighted by atomic mass is 10.0. The maximum atomic E-state index is 14.0. The first-order chi connectivity index (χ1) is 28.6. The lowest BCUT2D eigenvalue weighted by Gasteiger charge is -2.30. The van der Waals surface area contributed by atoms with Gasteiger partial charge in [0.15, 0.2) is 5.76 Å². The summed E-state index contributed by atoms with van der Waals surface area (Å²) in [6.07, 6.45) is 2.75. The molecule has 3 unspecified atom stereocenters. The van der Waals surface area contributed by atoms with E-state index in [9.17, 15) is 19.2 Å². The van der Waals surface area contributed by atoms with Crippen LogP contribution in [0.15, 0.2) is 53.1 Å². The van der Waals surface area contributed by atoms with E-state index in [1.165, 1.54) is 14.2 Å². The van der Waals surface area contributed by atoms with Gasteiger partial charge in [-0.05, 0) is 72.0 Å². The van der Waals surface area contributed by atoms with Gasteiger partial charge in [-0.25, -0.2) is 19.6 Å². The van der Waals surface area contributed by atoms with Crippen molar-refractivity contribution in [1.29, 1.82) is 0 Å². The molecule has 60 heavy (non-hydrogen) atoms. The lowest BCUT2D eigenvalue weighted by molar-refractivity contribution is -0.136. The van der Waals surface area contributed by atoms with Crippen molar-refractivity contribution in [3.63, 3.8) is 0 Å². The quantitative estimate of drug-likeness (QED) is 0.0987. The van der Waals surface area contributed by atoms with Crippen LogP contribution in [0.3, 0.4) is 0 Å². The number of fused-ring (bicyclic) bond motifs is 3. The average molecular weight is 853 g/mol. The zero-order valence-electron chi connectivity index (χ0n) is 35.2. The van der Waals surface area contributed by atoms with E-state index >= 15 is 0 Å². The Balaban J connectivity index is 1.01. The first kappa shape index (κ1) is 41.1. The second-order valence-electron chi connectivity index (χ2n) is 17.4. The summed E-state index contributed by atoms with van der Waals surface area (Å²) < 4.78 is 17.1. The third-order valence-corrected chi connectivity index (χ3v) is 15.6. The maximum Gasteiger partial charge on any atom is 0.407 e. The SMILES string of the molecule is COC(=O)NC(C(=O)N1CCCC1c1ncc(-c2cc3ccc(-c4cc5cc6[nH]c([C@@H]7C[Si](C)(C)CN7C(=O)C(NC(=O)OC)C(C)C)nc6cc5s4)cc3o2)[nH]1)C(C)C. The highest BCUT2D eigenvalue weighted by Crippen LogP contribution is 2.41. The van der Waals surface area contributed by atoms with Gasteiger partial charge in [0.2, 0.25) is 11.8 Å². The second-order valence-corrected chi connectivity index (χ2v) is 23.6. The molecule has 4 aromatic heterocycles. The average Bonchev–Trinajstić information content (AvgIpc) is 4.07. The molecule has 0 aliphatic carbocycles. The van der Waals surface area contributed by atoms with Gasteiger partial charge < -0.3 is 44.3 Å². The van der Waals surface area contributed by atoms with Crippen molar-refractivity contribution < 1.29 is 33.1 Å². The molecule has 316 valence electrons. The number of aromatic amines is 2. The van der Waals surface area contributed by atoms with Crippen LogP contribution in [0.2, 0.25) is 19.1 Å². The number of methoxy groups -OCH3 is 2. The molecule has 0 radical (unpaired) electrons. The van der Waals surface area contributed by atoms with Crippen molar-refractivity contribution in [2.75, 3.05) is 26.9 Å². The highest BCUT2D eigenvalue weighted by atomic mass is 32.1. The summed E-state index contributed by atoms with van der Waals surface area (Å²) in [5.74, 6) is 1.57. The van der Waals surface area contributed by atoms with E-state index in [-0.39, 0.29) is 35.7 Å². The minimum atomic E-state index is -1.77. The number of amides is 4. The van der Waals surface area contributed by atoms with Crippen LogP contribution in [-0.2, 0) is 19.1 Å². The molecule has 2 aromatic carbocycles. The van der Waals surface area contributed by atoms with E-state index in [0.717, 1.165) is 67.2 Å². The van der Waals surface area contributed by atoms with E-state index < -0.39 is 32.3 Å². The molecule has 15 nitrogen and oxygen atoms in total. The number of hydrogen-bond acceptors (Lipinski definition) is 10. The number of likely N-dealkylation sites (tertiary alicyclic amines) is 1. The summed E-state index contributed by atoms with van der Waals surface area (Å²) in [5.41, 5.74) is 4.23. The van der Waals surface area contributed by atoms with Crippen molar-refractivity contribution in [3.8, 4) is 21.9 Å². The molecule has 4 atom stereocenters. The van der Waals surface area contributed by atoms with E-state index in [1.54, 1.807) is 22.4 Å². The van der Waals surface area contributed by atoms with Gasteiger partial charge in [-0.2, -0.15) is 0 Å². The van der Waals surface area contributed by atoms with Crippen molar-refractivity contribution in [1.82, 2.24) is 40.4 Å². The summed E-state index contributed by atoms with van der Waals surface area (Å²) in [5, 5.41) is 7.48. The summed E-state index contributed by atoms with van der Waals surface area (Å²) in [6, 6.07) is 13.6. The fraction of sp³-hybridized carbons (Fsp3) is 0.442. The van der Waals surface area contributed by atoms with Gasteiger partial charge in [-0.3, -0.25) is 9.59 Å². The van der Waals surface area contributed by atoms with Crippen molar-refractivity contribution in [2.24, 2.45) is 11.8 Å². The zero-order chi connectivity index (χ0) is 42.6. The largest absolute Gasteiger partial charge is 0.454 e. The Hall–Kier alpha value is -5.68. The van der Waals surface area contributed by atoms with E-state index in [4.69, 9.17) is 18.9 Å². The Kier molecular flexibility index (Phi) is 11.0. The molecule has 0 spiro atoms. The molecule has 4 N–H and O–H groups in total. The van der Waals surface area contributed by atoms with Gasteiger partial charge in [0.25, 0.3) is 0 Å². The van der Waals surface area contributed by atoms with Crippen LogP contribution in [0.25, 0.3) is 54.0 Å². The number of carbonyl (C=O) groups is 4. The van der Waals surface area contributed by atoms with Crippen LogP contribution in [-0.4, -0.2) is 101 Å². The monoisotopic (exact) mass is 852 g/mol. The van der Waals surface area contributed by atoms with Crippen LogP contribution in [0.1, 0.15) is 64.3 Å². The first-order valence-corrected chi connectivity index (χ1v) is 24.7. The highest BCUT2D eigenvalue weighted by Gasteiger charge is 2.46. The van der Waals surface area contributed by atoms with Gasteiger partial charge in [0, 0.05) is 27.7 Å².